The van der Waals surface area contributed by atoms with Crippen molar-refractivity contribution in [2.45, 2.75) is 17.2 Å². The third-order valence-corrected chi connectivity index (χ3v) is 7.58. The lowest BCUT2D eigenvalue weighted by Crippen LogP contribution is -2.22. The van der Waals surface area contributed by atoms with Crippen molar-refractivity contribution < 1.29 is 4.79 Å². The molecular weight excluding hydrogens is 531 g/mol. The molecule has 2 heterocycles. The predicted molar refractivity (Wildman–Crippen MR) is 141 cm³/mol. The van der Waals surface area contributed by atoms with Crippen molar-refractivity contribution in [3.05, 3.63) is 80.6 Å². The summed E-state index contributed by atoms with van der Waals surface area (Å²) in [5, 5.41) is 16.1. The summed E-state index contributed by atoms with van der Waals surface area (Å²) in [5.74, 6) is -0.248. The van der Waals surface area contributed by atoms with Gasteiger partial charge in [-0.3, -0.25) is 4.79 Å². The van der Waals surface area contributed by atoms with Gasteiger partial charge in [-0.05, 0) is 43.3 Å². The highest BCUT2D eigenvalue weighted by Gasteiger charge is 2.20. The van der Waals surface area contributed by atoms with Crippen LogP contribution in [0.15, 0.2) is 65.0 Å². The Kier molecular flexibility index (Phi) is 7.77. The second-order valence-electron chi connectivity index (χ2n) is 7.08. The molecule has 170 valence electrons. The van der Waals surface area contributed by atoms with Crippen LogP contribution in [0, 0.1) is 11.3 Å². The lowest BCUT2D eigenvalue weighted by molar-refractivity contribution is -0.115. The standard InChI is InChI=1S/C24H15Cl3N4OS2/c1-13(22(32)31-24-30-21(12-33-24)15-4-8-18(26)19(27)10-15)34-23-16(11-28)5-9-20(29-23)14-2-6-17(25)7-3-14/h2-10,12-13H,1H3,(H,30,31,32). The number of thioether (sulfide) groups is 1. The summed E-state index contributed by atoms with van der Waals surface area (Å²) in [4.78, 5) is 21.9. The van der Waals surface area contributed by atoms with Crippen LogP contribution in [-0.2, 0) is 4.79 Å². The molecule has 10 heteroatoms. The van der Waals surface area contributed by atoms with E-state index >= 15 is 0 Å². The Hall–Kier alpha value is -2.60. The van der Waals surface area contributed by atoms with Crippen LogP contribution in [0.25, 0.3) is 22.5 Å². The van der Waals surface area contributed by atoms with E-state index in [2.05, 4.69) is 21.4 Å². The normalized spacial score (nSPS) is 11.6. The molecule has 4 rings (SSSR count). The summed E-state index contributed by atoms with van der Waals surface area (Å²) in [7, 11) is 0. The second kappa shape index (κ2) is 10.8. The largest absolute Gasteiger partial charge is 0.301 e. The Morgan fingerprint density at radius 2 is 1.74 bits per heavy atom. The molecule has 2 aromatic heterocycles. The number of thiazole rings is 1. The molecule has 34 heavy (non-hydrogen) atoms. The summed E-state index contributed by atoms with van der Waals surface area (Å²) in [6.45, 7) is 1.76. The van der Waals surface area contributed by atoms with Gasteiger partial charge in [-0.2, -0.15) is 5.26 Å². The van der Waals surface area contributed by atoms with Crippen LogP contribution in [0.4, 0.5) is 5.13 Å². The van der Waals surface area contributed by atoms with Gasteiger partial charge in [-0.15, -0.1) is 11.3 Å². The molecule has 0 aliphatic rings. The van der Waals surface area contributed by atoms with E-state index in [9.17, 15) is 10.1 Å². The van der Waals surface area contributed by atoms with Crippen molar-refractivity contribution in [3.63, 3.8) is 0 Å². The number of carbonyl (C=O) groups excluding carboxylic acids is 1. The Morgan fingerprint density at radius 3 is 2.44 bits per heavy atom. The summed E-state index contributed by atoms with van der Waals surface area (Å²) in [6, 6.07) is 18.1. The molecule has 0 aliphatic carbocycles. The molecule has 1 unspecified atom stereocenters. The minimum Gasteiger partial charge on any atom is -0.301 e. The van der Waals surface area contributed by atoms with E-state index in [0.717, 1.165) is 11.1 Å². The molecule has 1 atom stereocenters. The number of rotatable bonds is 6. The number of nitriles is 1. The molecule has 0 bridgehead atoms. The molecule has 4 aromatic rings. The number of hydrogen-bond acceptors (Lipinski definition) is 6. The van der Waals surface area contributed by atoms with E-state index in [0.29, 0.717) is 42.2 Å². The van der Waals surface area contributed by atoms with E-state index in [4.69, 9.17) is 34.8 Å². The van der Waals surface area contributed by atoms with Crippen LogP contribution < -0.4 is 5.32 Å². The maximum atomic E-state index is 12.8. The van der Waals surface area contributed by atoms with E-state index < -0.39 is 5.25 Å². The molecule has 0 saturated heterocycles. The number of amides is 1. The molecule has 0 aliphatic heterocycles. The smallest absolute Gasteiger partial charge is 0.239 e. The lowest BCUT2D eigenvalue weighted by Gasteiger charge is -2.12. The van der Waals surface area contributed by atoms with Crippen LogP contribution in [0.5, 0.6) is 0 Å². The van der Waals surface area contributed by atoms with Crippen LogP contribution in [0.2, 0.25) is 15.1 Å². The van der Waals surface area contributed by atoms with Gasteiger partial charge in [0.1, 0.15) is 11.1 Å². The van der Waals surface area contributed by atoms with Gasteiger partial charge in [-0.1, -0.05) is 64.8 Å². The third-order valence-electron chi connectivity index (χ3n) is 4.73. The SMILES string of the molecule is CC(Sc1nc(-c2ccc(Cl)cc2)ccc1C#N)C(=O)Nc1nc(-c2ccc(Cl)c(Cl)c2)cs1. The number of carbonyl (C=O) groups is 1. The Labute approximate surface area is 219 Å². The van der Waals surface area contributed by atoms with E-state index in [-0.39, 0.29) is 5.91 Å². The summed E-state index contributed by atoms with van der Waals surface area (Å²) < 4.78 is 0. The minimum absolute atomic E-state index is 0.248. The molecule has 0 spiro atoms. The third kappa shape index (κ3) is 5.72. The van der Waals surface area contributed by atoms with Crippen LogP contribution in [-0.4, -0.2) is 21.1 Å². The quantitative estimate of drug-likeness (QED) is 0.250. The van der Waals surface area contributed by atoms with Crippen molar-refractivity contribution in [1.82, 2.24) is 9.97 Å². The molecule has 0 saturated carbocycles. The maximum Gasteiger partial charge on any atom is 0.239 e. The molecule has 1 N–H and O–H groups in total. The number of nitrogens with one attached hydrogen (secondary N) is 1. The Morgan fingerprint density at radius 1 is 1.00 bits per heavy atom. The van der Waals surface area contributed by atoms with E-state index in [1.165, 1.54) is 23.1 Å². The van der Waals surface area contributed by atoms with Crippen LogP contribution >= 0.6 is 57.9 Å². The zero-order valence-electron chi connectivity index (χ0n) is 17.6. The number of hydrogen-bond donors (Lipinski definition) is 1. The van der Waals surface area contributed by atoms with Crippen molar-refractivity contribution in [2.75, 3.05) is 5.32 Å². The fourth-order valence-corrected chi connectivity index (χ4v) is 4.98. The summed E-state index contributed by atoms with van der Waals surface area (Å²) in [5.41, 5.74) is 3.44. The molecule has 2 aromatic carbocycles. The monoisotopic (exact) mass is 544 g/mol. The van der Waals surface area contributed by atoms with E-state index in [1.807, 2.05) is 23.6 Å². The minimum atomic E-state index is -0.516. The van der Waals surface area contributed by atoms with Crippen molar-refractivity contribution >= 4 is 68.9 Å². The number of halogens is 3. The van der Waals surface area contributed by atoms with Gasteiger partial charge < -0.3 is 5.32 Å². The zero-order valence-corrected chi connectivity index (χ0v) is 21.5. The molecule has 0 radical (unpaired) electrons. The maximum absolute atomic E-state index is 12.8. The molecular formula is C24H15Cl3N4OS2. The zero-order chi connectivity index (χ0) is 24.2. The van der Waals surface area contributed by atoms with Crippen molar-refractivity contribution in [1.29, 1.82) is 5.26 Å². The Balaban J connectivity index is 1.48. The van der Waals surface area contributed by atoms with Gasteiger partial charge >= 0.3 is 0 Å². The number of aromatic nitrogens is 2. The number of pyridine rings is 1. The highest BCUT2D eigenvalue weighted by Crippen LogP contribution is 2.32. The fraction of sp³-hybridized carbons (Fsp3) is 0.0833. The number of nitrogens with zero attached hydrogens (tertiary/aromatic N) is 3. The highest BCUT2D eigenvalue weighted by atomic mass is 35.5. The first-order valence-corrected chi connectivity index (χ1v) is 12.8. The van der Waals surface area contributed by atoms with Gasteiger partial charge in [-0.25, -0.2) is 9.97 Å². The van der Waals surface area contributed by atoms with Gasteiger partial charge in [0, 0.05) is 21.5 Å². The van der Waals surface area contributed by atoms with Crippen molar-refractivity contribution in [2.24, 2.45) is 0 Å². The van der Waals surface area contributed by atoms with Gasteiger partial charge in [0.05, 0.1) is 32.2 Å². The number of anilines is 1. The molecule has 5 nitrogen and oxygen atoms in total. The summed E-state index contributed by atoms with van der Waals surface area (Å²) in [6.07, 6.45) is 0. The van der Waals surface area contributed by atoms with Gasteiger partial charge in [0.15, 0.2) is 5.13 Å². The lowest BCUT2D eigenvalue weighted by atomic mass is 10.1. The second-order valence-corrected chi connectivity index (χ2v) is 10.5. The fourth-order valence-electron chi connectivity index (χ4n) is 2.94. The topological polar surface area (TPSA) is 78.7 Å². The van der Waals surface area contributed by atoms with Gasteiger partial charge in [0.25, 0.3) is 0 Å². The van der Waals surface area contributed by atoms with E-state index in [1.54, 1.807) is 43.3 Å². The summed E-state index contributed by atoms with van der Waals surface area (Å²) >= 11 is 20.6. The van der Waals surface area contributed by atoms with Crippen molar-refractivity contribution in [3.8, 4) is 28.6 Å². The van der Waals surface area contributed by atoms with Crippen LogP contribution in [0.3, 0.4) is 0 Å². The Bertz CT molecular complexity index is 1400. The number of benzene rings is 2. The highest BCUT2D eigenvalue weighted by molar-refractivity contribution is 8.00. The van der Waals surface area contributed by atoms with Crippen LogP contribution in [0.1, 0.15) is 12.5 Å². The molecule has 1 amide bonds. The average Bonchev–Trinajstić information content (AvgIpc) is 3.29. The first kappa shape index (κ1) is 24.5. The first-order valence-electron chi connectivity index (χ1n) is 9.89. The predicted octanol–water partition coefficient (Wildman–Crippen LogP) is 7.82. The molecule has 0 fully saturated rings. The average molecular weight is 546 g/mol. The van der Waals surface area contributed by atoms with Gasteiger partial charge in [0.2, 0.25) is 5.91 Å². The first-order chi connectivity index (χ1) is 16.3.